The van der Waals surface area contributed by atoms with Gasteiger partial charge in [-0.3, -0.25) is 5.01 Å². The molecule has 0 bridgehead atoms. The summed E-state index contributed by atoms with van der Waals surface area (Å²) < 4.78 is 17.1. The van der Waals surface area contributed by atoms with Crippen molar-refractivity contribution in [2.45, 2.75) is 0 Å². The molecular formula is C17H16N6O4S. The summed E-state index contributed by atoms with van der Waals surface area (Å²) in [6.45, 7) is 0.928. The van der Waals surface area contributed by atoms with E-state index in [4.69, 9.17) is 20.1 Å². The van der Waals surface area contributed by atoms with Gasteiger partial charge >= 0.3 is 0 Å². The van der Waals surface area contributed by atoms with Crippen molar-refractivity contribution in [2.24, 2.45) is 5.90 Å². The molecule has 0 aliphatic rings. The maximum atomic E-state index is 8.96. The lowest BCUT2D eigenvalue weighted by Gasteiger charge is -2.24. The highest BCUT2D eigenvalue weighted by atomic mass is 32.2. The summed E-state index contributed by atoms with van der Waals surface area (Å²) in [5.41, 5.74) is 1.47. The maximum Gasteiger partial charge on any atom is 0.260 e. The SMILES string of the molecule is N#Cc1ccc(N(CCOc2ccc(OSOON)cc2)n2cnnc2)cc1. The van der Waals surface area contributed by atoms with E-state index in [9.17, 15) is 0 Å². The van der Waals surface area contributed by atoms with Gasteiger partial charge in [0.05, 0.1) is 23.9 Å². The van der Waals surface area contributed by atoms with Crippen LogP contribution in [0.3, 0.4) is 0 Å². The Morgan fingerprint density at radius 3 is 2.36 bits per heavy atom. The number of aromatic nitrogens is 3. The van der Waals surface area contributed by atoms with E-state index in [1.807, 2.05) is 17.1 Å². The van der Waals surface area contributed by atoms with Crippen molar-refractivity contribution in [3.63, 3.8) is 0 Å². The molecule has 0 radical (unpaired) electrons. The molecule has 0 aliphatic carbocycles. The zero-order chi connectivity index (χ0) is 19.6. The predicted molar refractivity (Wildman–Crippen MR) is 100 cm³/mol. The summed E-state index contributed by atoms with van der Waals surface area (Å²) in [7, 11) is 0. The van der Waals surface area contributed by atoms with Crippen LogP contribution in [0.15, 0.2) is 61.2 Å². The van der Waals surface area contributed by atoms with Crippen LogP contribution < -0.4 is 19.8 Å². The average molecular weight is 400 g/mol. The molecule has 3 aromatic rings. The van der Waals surface area contributed by atoms with Crippen LogP contribution in [-0.2, 0) is 9.32 Å². The number of anilines is 1. The van der Waals surface area contributed by atoms with E-state index in [0.29, 0.717) is 42.5 Å². The molecule has 0 saturated heterocycles. The van der Waals surface area contributed by atoms with Crippen LogP contribution >= 0.6 is 12.3 Å². The van der Waals surface area contributed by atoms with E-state index in [-0.39, 0.29) is 0 Å². The summed E-state index contributed by atoms with van der Waals surface area (Å²) in [4.78, 5) is 3.92. The number of nitriles is 1. The average Bonchev–Trinajstić information content (AvgIpc) is 3.27. The van der Waals surface area contributed by atoms with Gasteiger partial charge in [0.15, 0.2) is 0 Å². The fourth-order valence-corrected chi connectivity index (χ4v) is 2.57. The Labute approximate surface area is 165 Å². The lowest BCUT2D eigenvalue weighted by molar-refractivity contribution is -0.199. The third-order valence-corrected chi connectivity index (χ3v) is 3.97. The predicted octanol–water partition coefficient (Wildman–Crippen LogP) is 2.26. The van der Waals surface area contributed by atoms with Gasteiger partial charge in [-0.05, 0) is 48.5 Å². The molecule has 1 aromatic heterocycles. The minimum atomic E-state index is 0.400. The Bertz CT molecular complexity index is 884. The molecule has 10 nitrogen and oxygen atoms in total. The molecule has 2 N–H and O–H groups in total. The second-order valence-corrected chi connectivity index (χ2v) is 5.70. The van der Waals surface area contributed by atoms with Crippen LogP contribution in [0.2, 0.25) is 0 Å². The number of nitrogens with two attached hydrogens (primary N) is 1. The van der Waals surface area contributed by atoms with Gasteiger partial charge in [0.1, 0.15) is 30.8 Å². The first-order chi connectivity index (χ1) is 13.8. The zero-order valence-corrected chi connectivity index (χ0v) is 15.4. The molecule has 0 atom stereocenters. The minimum Gasteiger partial charge on any atom is -0.492 e. The quantitative estimate of drug-likeness (QED) is 0.235. The molecular weight excluding hydrogens is 384 g/mol. The number of benzene rings is 2. The van der Waals surface area contributed by atoms with Crippen LogP contribution in [0, 0.1) is 11.3 Å². The summed E-state index contributed by atoms with van der Waals surface area (Å²) in [5, 5.41) is 18.6. The molecule has 1 heterocycles. The smallest absolute Gasteiger partial charge is 0.260 e. The van der Waals surface area contributed by atoms with Crippen LogP contribution in [0.1, 0.15) is 5.56 Å². The first-order valence-electron chi connectivity index (χ1n) is 8.02. The van der Waals surface area contributed by atoms with Crippen LogP contribution in [0.5, 0.6) is 11.5 Å². The van der Waals surface area contributed by atoms with Gasteiger partial charge in [-0.25, -0.2) is 4.68 Å². The van der Waals surface area contributed by atoms with Crippen molar-refractivity contribution >= 4 is 18.0 Å². The third kappa shape index (κ3) is 5.35. The molecule has 3 rings (SSSR count). The number of nitrogens with zero attached hydrogens (tertiary/aromatic N) is 5. The third-order valence-electron chi connectivity index (χ3n) is 3.57. The van der Waals surface area contributed by atoms with E-state index in [2.05, 4.69) is 25.6 Å². The molecule has 2 aromatic carbocycles. The summed E-state index contributed by atoms with van der Waals surface area (Å²) >= 11 is 0.603. The first kappa shape index (κ1) is 19.5. The number of hydrogen-bond acceptors (Lipinski definition) is 10. The molecule has 0 aliphatic heterocycles. The van der Waals surface area contributed by atoms with E-state index >= 15 is 0 Å². The van der Waals surface area contributed by atoms with Crippen molar-refractivity contribution in [1.82, 2.24) is 14.9 Å². The van der Waals surface area contributed by atoms with Crippen molar-refractivity contribution in [3.8, 4) is 17.6 Å². The van der Waals surface area contributed by atoms with Gasteiger partial charge in [-0.1, -0.05) is 0 Å². The Morgan fingerprint density at radius 2 is 1.71 bits per heavy atom. The molecule has 0 amide bonds. The molecule has 0 unspecified atom stereocenters. The topological polar surface area (TPSA) is 121 Å². The lowest BCUT2D eigenvalue weighted by Crippen LogP contribution is -2.32. The second kappa shape index (κ2) is 10.1. The summed E-state index contributed by atoms with van der Waals surface area (Å²) in [6, 6.07) is 16.3. The Hall–Kier alpha value is -3.30. The van der Waals surface area contributed by atoms with Gasteiger partial charge in [-0.15, -0.1) is 19.5 Å². The van der Waals surface area contributed by atoms with Crippen molar-refractivity contribution in [1.29, 1.82) is 5.26 Å². The van der Waals surface area contributed by atoms with Gasteiger partial charge in [0.2, 0.25) is 0 Å². The largest absolute Gasteiger partial charge is 0.492 e. The summed E-state index contributed by atoms with van der Waals surface area (Å²) in [6.07, 6.45) is 3.18. The standard InChI is InChI=1S/C17H16N6O4S/c18-11-14-1-3-15(4-2-14)23(22-12-20-21-13-22)9-10-24-16-5-7-17(8-6-16)25-28-27-26-19/h1-8,12-13H,9-10,19H2. The molecule has 0 saturated carbocycles. The van der Waals surface area contributed by atoms with Crippen LogP contribution in [-0.4, -0.2) is 28.0 Å². The fourth-order valence-electron chi connectivity index (χ4n) is 2.32. The Balaban J connectivity index is 1.59. The van der Waals surface area contributed by atoms with Crippen molar-refractivity contribution in [3.05, 3.63) is 66.7 Å². The van der Waals surface area contributed by atoms with E-state index in [1.54, 1.807) is 53.7 Å². The Kier molecular flexibility index (Phi) is 7.05. The van der Waals surface area contributed by atoms with Crippen molar-refractivity contribution < 1.29 is 18.2 Å². The fraction of sp³-hybridized carbons (Fsp3) is 0.118. The van der Waals surface area contributed by atoms with Crippen molar-refractivity contribution in [2.75, 3.05) is 18.2 Å². The van der Waals surface area contributed by atoms with E-state index in [1.165, 1.54) is 0 Å². The van der Waals surface area contributed by atoms with Crippen LogP contribution in [0.25, 0.3) is 0 Å². The normalized spacial score (nSPS) is 10.3. The van der Waals surface area contributed by atoms with E-state index < -0.39 is 0 Å². The molecule has 0 fully saturated rings. The molecule has 0 spiro atoms. The zero-order valence-electron chi connectivity index (χ0n) is 14.5. The highest BCUT2D eigenvalue weighted by molar-refractivity contribution is 7.90. The minimum absolute atomic E-state index is 0.400. The van der Waals surface area contributed by atoms with Gasteiger partial charge < -0.3 is 8.92 Å². The first-order valence-corrected chi connectivity index (χ1v) is 8.69. The lowest BCUT2D eigenvalue weighted by atomic mass is 10.2. The summed E-state index contributed by atoms with van der Waals surface area (Å²) in [5.74, 6) is 5.95. The Morgan fingerprint density at radius 1 is 1.04 bits per heavy atom. The monoisotopic (exact) mass is 400 g/mol. The number of rotatable bonds is 10. The van der Waals surface area contributed by atoms with E-state index in [0.717, 1.165) is 5.69 Å². The molecule has 28 heavy (non-hydrogen) atoms. The highest BCUT2D eigenvalue weighted by Gasteiger charge is 2.09. The van der Waals surface area contributed by atoms with Gasteiger partial charge in [-0.2, -0.15) is 11.2 Å². The maximum absolute atomic E-state index is 8.96. The van der Waals surface area contributed by atoms with Gasteiger partial charge in [0.25, 0.3) is 12.3 Å². The number of hydrogen-bond donors (Lipinski definition) is 1. The second-order valence-electron chi connectivity index (χ2n) is 5.26. The van der Waals surface area contributed by atoms with Crippen LogP contribution in [0.4, 0.5) is 5.69 Å². The molecule has 144 valence electrons. The molecule has 11 heteroatoms. The van der Waals surface area contributed by atoms with Gasteiger partial charge in [0, 0.05) is 0 Å². The highest BCUT2D eigenvalue weighted by Crippen LogP contribution is 2.21. The number of ether oxygens (including phenoxy) is 1.